The van der Waals surface area contributed by atoms with Crippen LogP contribution in [0.25, 0.3) is 10.9 Å². The molecule has 0 radical (unpaired) electrons. The van der Waals surface area contributed by atoms with E-state index in [4.69, 9.17) is 4.74 Å². The fraction of sp³-hybridized carbons (Fsp3) is 0.118. The van der Waals surface area contributed by atoms with Gasteiger partial charge in [-0.3, -0.25) is 4.99 Å². The summed E-state index contributed by atoms with van der Waals surface area (Å²) in [5.41, 5.74) is 3.34. The van der Waals surface area contributed by atoms with Crippen molar-refractivity contribution in [3.63, 3.8) is 0 Å². The summed E-state index contributed by atoms with van der Waals surface area (Å²) < 4.78 is 6.26. The number of methoxy groups -OCH3 is 1. The molecular weight excluding hydrogens is 344 g/mol. The number of nitrogens with zero attached hydrogens (tertiary/aromatic N) is 1. The van der Waals surface area contributed by atoms with Gasteiger partial charge in [-0.15, -0.1) is 0 Å². The number of benzene rings is 2. The number of aryl methyl sites for hydroxylation is 1. The van der Waals surface area contributed by atoms with Crippen LogP contribution in [0.15, 0.2) is 45.9 Å². The van der Waals surface area contributed by atoms with Gasteiger partial charge >= 0.3 is 0 Å². The lowest BCUT2D eigenvalue weighted by Gasteiger charge is -2.04. The van der Waals surface area contributed by atoms with Gasteiger partial charge in [-0.2, -0.15) is 0 Å². The summed E-state index contributed by atoms with van der Waals surface area (Å²) in [7, 11) is 1.62. The molecule has 0 aliphatic heterocycles. The van der Waals surface area contributed by atoms with Crippen LogP contribution >= 0.6 is 15.9 Å². The third kappa shape index (κ3) is 2.72. The molecule has 3 rings (SSSR count). The van der Waals surface area contributed by atoms with Crippen molar-refractivity contribution < 1.29 is 9.84 Å². The summed E-state index contributed by atoms with van der Waals surface area (Å²) in [6.45, 7) is 2.00. The highest BCUT2D eigenvalue weighted by molar-refractivity contribution is 9.10. The van der Waals surface area contributed by atoms with Gasteiger partial charge in [-0.25, -0.2) is 0 Å². The SMILES string of the molecule is COc1ccc(C)cc1N=Cc1c(O)[nH]c2ccc(Br)cc12. The highest BCUT2D eigenvalue weighted by Crippen LogP contribution is 2.31. The van der Waals surface area contributed by atoms with Gasteiger partial charge in [0.05, 0.1) is 12.7 Å². The lowest BCUT2D eigenvalue weighted by atomic mass is 10.2. The lowest BCUT2D eigenvalue weighted by Crippen LogP contribution is -1.85. The van der Waals surface area contributed by atoms with Gasteiger partial charge in [0.25, 0.3) is 0 Å². The largest absolute Gasteiger partial charge is 0.494 e. The number of rotatable bonds is 3. The Morgan fingerprint density at radius 2 is 2.05 bits per heavy atom. The number of hydrogen-bond acceptors (Lipinski definition) is 3. The Morgan fingerprint density at radius 1 is 1.23 bits per heavy atom. The van der Waals surface area contributed by atoms with Gasteiger partial charge in [0, 0.05) is 21.6 Å². The van der Waals surface area contributed by atoms with Crippen molar-refractivity contribution >= 4 is 38.7 Å². The molecule has 5 heteroatoms. The molecule has 0 spiro atoms. The van der Waals surface area contributed by atoms with Crippen molar-refractivity contribution in [2.75, 3.05) is 7.11 Å². The van der Waals surface area contributed by atoms with Crippen LogP contribution in [0.3, 0.4) is 0 Å². The molecule has 0 atom stereocenters. The minimum atomic E-state index is 0.100. The number of hydrogen-bond donors (Lipinski definition) is 2. The number of H-pyrrole nitrogens is 1. The fourth-order valence-electron chi connectivity index (χ4n) is 2.34. The molecule has 0 aliphatic rings. The van der Waals surface area contributed by atoms with Crippen molar-refractivity contribution in [2.24, 2.45) is 4.99 Å². The predicted molar refractivity (Wildman–Crippen MR) is 92.6 cm³/mol. The standard InChI is InChI=1S/C17H15BrN2O2/c1-10-3-6-16(22-2)15(7-10)19-9-13-12-8-11(18)4-5-14(12)20-17(13)21/h3-9,20-21H,1-2H3. The minimum absolute atomic E-state index is 0.100. The van der Waals surface area contributed by atoms with E-state index < -0.39 is 0 Å². The van der Waals surface area contributed by atoms with Crippen LogP contribution in [0.1, 0.15) is 11.1 Å². The zero-order valence-corrected chi connectivity index (χ0v) is 13.8. The number of ether oxygens (including phenoxy) is 1. The molecule has 0 fully saturated rings. The van der Waals surface area contributed by atoms with E-state index in [-0.39, 0.29) is 5.88 Å². The van der Waals surface area contributed by atoms with Gasteiger partial charge in [0.1, 0.15) is 11.4 Å². The molecular formula is C17H15BrN2O2. The van der Waals surface area contributed by atoms with Crippen molar-refractivity contribution in [1.82, 2.24) is 4.98 Å². The predicted octanol–water partition coefficient (Wildman–Crippen LogP) is 4.70. The van der Waals surface area contributed by atoms with E-state index in [9.17, 15) is 5.11 Å². The van der Waals surface area contributed by atoms with E-state index in [1.54, 1.807) is 13.3 Å². The number of nitrogens with one attached hydrogen (secondary N) is 1. The average molecular weight is 359 g/mol. The summed E-state index contributed by atoms with van der Waals surface area (Å²) >= 11 is 3.44. The number of aromatic nitrogens is 1. The summed E-state index contributed by atoms with van der Waals surface area (Å²) in [6, 6.07) is 11.6. The third-order valence-electron chi connectivity index (χ3n) is 3.45. The van der Waals surface area contributed by atoms with E-state index in [1.807, 2.05) is 43.3 Å². The molecule has 2 aromatic carbocycles. The van der Waals surface area contributed by atoms with Crippen molar-refractivity contribution in [1.29, 1.82) is 0 Å². The minimum Gasteiger partial charge on any atom is -0.494 e. The molecule has 22 heavy (non-hydrogen) atoms. The Kier molecular flexibility index (Phi) is 3.90. The van der Waals surface area contributed by atoms with Gasteiger partial charge < -0.3 is 14.8 Å². The lowest BCUT2D eigenvalue weighted by molar-refractivity contribution is 0.416. The van der Waals surface area contributed by atoms with Gasteiger partial charge in [-0.1, -0.05) is 22.0 Å². The Bertz CT molecular complexity index is 868. The maximum atomic E-state index is 10.1. The second-order valence-electron chi connectivity index (χ2n) is 5.01. The van der Waals surface area contributed by atoms with Crippen molar-refractivity contribution in [3.05, 3.63) is 52.0 Å². The number of aromatic hydroxyl groups is 1. The molecule has 0 aliphatic carbocycles. The fourth-order valence-corrected chi connectivity index (χ4v) is 2.70. The van der Waals surface area contributed by atoms with Crippen LogP contribution < -0.4 is 4.74 Å². The van der Waals surface area contributed by atoms with Crippen LogP contribution in [0, 0.1) is 6.92 Å². The number of fused-ring (bicyclic) bond motifs is 1. The maximum Gasteiger partial charge on any atom is 0.198 e. The first-order valence-electron chi connectivity index (χ1n) is 6.77. The Hall–Kier alpha value is -2.27. The molecule has 1 aromatic heterocycles. The Labute approximate surface area is 136 Å². The Morgan fingerprint density at radius 3 is 2.82 bits per heavy atom. The van der Waals surface area contributed by atoms with Crippen molar-refractivity contribution in [2.45, 2.75) is 6.92 Å². The summed E-state index contributed by atoms with van der Waals surface area (Å²) in [5.74, 6) is 0.797. The average Bonchev–Trinajstić information content (AvgIpc) is 2.80. The van der Waals surface area contributed by atoms with Gasteiger partial charge in [0.2, 0.25) is 0 Å². The molecule has 0 amide bonds. The topological polar surface area (TPSA) is 57.6 Å². The molecule has 4 nitrogen and oxygen atoms in total. The second kappa shape index (κ2) is 5.85. The molecule has 0 bridgehead atoms. The quantitative estimate of drug-likeness (QED) is 0.666. The third-order valence-corrected chi connectivity index (χ3v) is 3.94. The van der Waals surface area contributed by atoms with Crippen LogP contribution in [-0.2, 0) is 0 Å². The first-order valence-corrected chi connectivity index (χ1v) is 7.56. The molecule has 0 saturated heterocycles. The van der Waals surface area contributed by atoms with Crippen LogP contribution in [0.4, 0.5) is 5.69 Å². The summed E-state index contributed by atoms with van der Waals surface area (Å²) in [5, 5.41) is 11.0. The number of aromatic amines is 1. The highest BCUT2D eigenvalue weighted by Gasteiger charge is 2.09. The van der Waals surface area contributed by atoms with Gasteiger partial charge in [-0.05, 0) is 42.8 Å². The highest BCUT2D eigenvalue weighted by atomic mass is 79.9. The van der Waals surface area contributed by atoms with Gasteiger partial charge in [0.15, 0.2) is 5.88 Å². The van der Waals surface area contributed by atoms with Crippen LogP contribution in [0.2, 0.25) is 0 Å². The molecule has 0 unspecified atom stereocenters. The van der Waals surface area contributed by atoms with E-state index >= 15 is 0 Å². The zero-order valence-electron chi connectivity index (χ0n) is 12.2. The number of aliphatic imine (C=N–C) groups is 1. The Balaban J connectivity index is 2.08. The first kappa shape index (κ1) is 14.7. The van der Waals surface area contributed by atoms with E-state index in [0.717, 1.165) is 26.6 Å². The van der Waals surface area contributed by atoms with Crippen LogP contribution in [0.5, 0.6) is 11.6 Å². The monoisotopic (exact) mass is 358 g/mol. The first-order chi connectivity index (χ1) is 10.6. The summed E-state index contributed by atoms with van der Waals surface area (Å²) in [4.78, 5) is 7.42. The smallest absolute Gasteiger partial charge is 0.198 e. The van der Waals surface area contributed by atoms with Crippen LogP contribution in [-0.4, -0.2) is 23.4 Å². The maximum absolute atomic E-state index is 10.1. The molecule has 112 valence electrons. The molecule has 1 heterocycles. The van der Waals surface area contributed by atoms with Crippen molar-refractivity contribution in [3.8, 4) is 11.6 Å². The summed E-state index contributed by atoms with van der Waals surface area (Å²) in [6.07, 6.45) is 1.65. The molecule has 2 N–H and O–H groups in total. The normalized spacial score (nSPS) is 11.4. The second-order valence-corrected chi connectivity index (χ2v) is 5.93. The van der Waals surface area contributed by atoms with E-state index in [2.05, 4.69) is 25.9 Å². The molecule has 3 aromatic rings. The van der Waals surface area contributed by atoms with E-state index in [0.29, 0.717) is 11.3 Å². The van der Waals surface area contributed by atoms with E-state index in [1.165, 1.54) is 0 Å². The molecule has 0 saturated carbocycles. The number of halogens is 1. The zero-order chi connectivity index (χ0) is 15.7.